The SMILES string of the molecule is COC[C@@H](C)N1CCC([C@H](Cc2ccccc2)N(C)Cc2ccncc2)CC1. The van der Waals surface area contributed by atoms with E-state index in [9.17, 15) is 0 Å². The van der Waals surface area contributed by atoms with E-state index < -0.39 is 0 Å². The van der Waals surface area contributed by atoms with Gasteiger partial charge in [-0.15, -0.1) is 0 Å². The summed E-state index contributed by atoms with van der Waals surface area (Å²) in [5, 5.41) is 0. The van der Waals surface area contributed by atoms with Gasteiger partial charge in [-0.25, -0.2) is 0 Å². The minimum absolute atomic E-state index is 0.507. The van der Waals surface area contributed by atoms with E-state index in [1.807, 2.05) is 12.4 Å². The summed E-state index contributed by atoms with van der Waals surface area (Å²) in [6.07, 6.45) is 7.41. The van der Waals surface area contributed by atoms with Gasteiger partial charge in [0, 0.05) is 38.1 Å². The Labute approximate surface area is 170 Å². The molecule has 4 heteroatoms. The number of hydrogen-bond donors (Lipinski definition) is 0. The number of nitrogens with zero attached hydrogens (tertiary/aromatic N) is 3. The number of piperidine rings is 1. The molecule has 2 atom stereocenters. The Morgan fingerprint density at radius 3 is 2.39 bits per heavy atom. The smallest absolute Gasteiger partial charge is 0.0615 e. The van der Waals surface area contributed by atoms with E-state index in [1.54, 1.807) is 7.11 Å². The molecule has 1 aromatic carbocycles. The van der Waals surface area contributed by atoms with Crippen molar-refractivity contribution < 1.29 is 4.74 Å². The van der Waals surface area contributed by atoms with Gasteiger partial charge in [0.15, 0.2) is 0 Å². The molecule has 2 aromatic rings. The van der Waals surface area contributed by atoms with Gasteiger partial charge in [0.05, 0.1) is 6.61 Å². The average Bonchev–Trinajstić information content (AvgIpc) is 2.74. The number of hydrogen-bond acceptors (Lipinski definition) is 4. The molecule has 1 saturated heterocycles. The lowest BCUT2D eigenvalue weighted by atomic mass is 9.84. The maximum Gasteiger partial charge on any atom is 0.0615 e. The first kappa shape index (κ1) is 21.0. The van der Waals surface area contributed by atoms with Gasteiger partial charge in [0.2, 0.25) is 0 Å². The third kappa shape index (κ3) is 5.87. The van der Waals surface area contributed by atoms with Gasteiger partial charge in [0.1, 0.15) is 0 Å². The Balaban J connectivity index is 1.67. The number of aromatic nitrogens is 1. The highest BCUT2D eigenvalue weighted by Gasteiger charge is 2.30. The van der Waals surface area contributed by atoms with Crippen LogP contribution < -0.4 is 0 Å². The number of pyridine rings is 1. The van der Waals surface area contributed by atoms with Gasteiger partial charge >= 0.3 is 0 Å². The molecule has 0 bridgehead atoms. The van der Waals surface area contributed by atoms with Crippen LogP contribution in [0.4, 0.5) is 0 Å². The van der Waals surface area contributed by atoms with Gasteiger partial charge in [0.25, 0.3) is 0 Å². The molecule has 0 saturated carbocycles. The van der Waals surface area contributed by atoms with Crippen LogP contribution in [-0.2, 0) is 17.7 Å². The van der Waals surface area contributed by atoms with Crippen LogP contribution in [0.25, 0.3) is 0 Å². The van der Waals surface area contributed by atoms with E-state index in [2.05, 4.69) is 71.2 Å². The van der Waals surface area contributed by atoms with Gasteiger partial charge in [-0.3, -0.25) is 14.8 Å². The first-order chi connectivity index (χ1) is 13.7. The van der Waals surface area contributed by atoms with Crippen molar-refractivity contribution in [3.05, 3.63) is 66.0 Å². The quantitative estimate of drug-likeness (QED) is 0.659. The molecular formula is C24H35N3O. The van der Waals surface area contributed by atoms with E-state index in [-0.39, 0.29) is 0 Å². The van der Waals surface area contributed by atoms with Crippen molar-refractivity contribution in [2.24, 2.45) is 5.92 Å². The summed E-state index contributed by atoms with van der Waals surface area (Å²) >= 11 is 0. The third-order valence-electron chi connectivity index (χ3n) is 6.18. The van der Waals surface area contributed by atoms with Gasteiger partial charge in [-0.2, -0.15) is 0 Å². The van der Waals surface area contributed by atoms with Crippen LogP contribution in [0.15, 0.2) is 54.9 Å². The number of ether oxygens (including phenoxy) is 1. The lowest BCUT2D eigenvalue weighted by molar-refractivity contribution is 0.0500. The predicted molar refractivity (Wildman–Crippen MR) is 115 cm³/mol. The van der Waals surface area contributed by atoms with Crippen molar-refractivity contribution in [1.82, 2.24) is 14.8 Å². The molecule has 152 valence electrons. The molecule has 1 fully saturated rings. The zero-order valence-corrected chi connectivity index (χ0v) is 17.6. The van der Waals surface area contributed by atoms with E-state index >= 15 is 0 Å². The number of benzene rings is 1. The molecule has 2 heterocycles. The van der Waals surface area contributed by atoms with E-state index in [0.717, 1.165) is 25.5 Å². The molecule has 3 rings (SSSR count). The number of rotatable bonds is 9. The van der Waals surface area contributed by atoms with Crippen LogP contribution in [0.2, 0.25) is 0 Å². The van der Waals surface area contributed by atoms with Crippen molar-refractivity contribution >= 4 is 0 Å². The Bertz CT molecular complexity index is 671. The predicted octanol–water partition coefficient (Wildman–Crippen LogP) is 3.87. The lowest BCUT2D eigenvalue weighted by Crippen LogP contribution is -2.47. The molecular weight excluding hydrogens is 346 g/mol. The highest BCUT2D eigenvalue weighted by Crippen LogP contribution is 2.28. The van der Waals surface area contributed by atoms with E-state index in [4.69, 9.17) is 4.74 Å². The van der Waals surface area contributed by atoms with Gasteiger partial charge in [-0.1, -0.05) is 30.3 Å². The van der Waals surface area contributed by atoms with Gasteiger partial charge in [-0.05, 0) is 75.5 Å². The number of methoxy groups -OCH3 is 1. The summed E-state index contributed by atoms with van der Waals surface area (Å²) in [6.45, 7) is 6.41. The summed E-state index contributed by atoms with van der Waals surface area (Å²) in [6, 6.07) is 16.3. The first-order valence-corrected chi connectivity index (χ1v) is 10.5. The largest absolute Gasteiger partial charge is 0.383 e. The summed E-state index contributed by atoms with van der Waals surface area (Å²) in [4.78, 5) is 9.30. The van der Waals surface area contributed by atoms with Crippen LogP contribution in [0.1, 0.15) is 30.9 Å². The van der Waals surface area contributed by atoms with E-state index in [1.165, 1.54) is 37.1 Å². The molecule has 1 aliphatic rings. The van der Waals surface area contributed by atoms with Crippen molar-refractivity contribution in [2.45, 2.75) is 44.8 Å². The summed E-state index contributed by atoms with van der Waals surface area (Å²) in [5.74, 6) is 0.720. The van der Waals surface area contributed by atoms with Crippen molar-refractivity contribution in [2.75, 3.05) is 33.9 Å². The standard InChI is InChI=1S/C24H35N3O/c1-20(19-28-3)27-15-11-23(12-16-27)24(17-21-7-5-4-6-8-21)26(2)18-22-9-13-25-14-10-22/h4-10,13-14,20,23-24H,11-12,15-19H2,1-3H3/t20-,24+/m1/s1. The summed E-state index contributed by atoms with van der Waals surface area (Å²) < 4.78 is 5.36. The molecule has 0 radical (unpaired) electrons. The van der Waals surface area contributed by atoms with Crippen LogP contribution in [0.5, 0.6) is 0 Å². The Hall–Kier alpha value is -1.75. The fraction of sp³-hybridized carbons (Fsp3) is 0.542. The third-order valence-corrected chi connectivity index (χ3v) is 6.18. The zero-order valence-electron chi connectivity index (χ0n) is 17.6. The second-order valence-corrected chi connectivity index (χ2v) is 8.21. The molecule has 0 N–H and O–H groups in total. The topological polar surface area (TPSA) is 28.6 Å². The summed E-state index contributed by atoms with van der Waals surface area (Å²) in [7, 11) is 4.08. The van der Waals surface area contributed by atoms with Crippen molar-refractivity contribution in [3.8, 4) is 0 Å². The monoisotopic (exact) mass is 381 g/mol. The lowest BCUT2D eigenvalue weighted by Gasteiger charge is -2.42. The summed E-state index contributed by atoms with van der Waals surface area (Å²) in [5.41, 5.74) is 2.77. The van der Waals surface area contributed by atoms with Gasteiger partial charge < -0.3 is 4.74 Å². The fourth-order valence-corrected chi connectivity index (χ4v) is 4.52. The second kappa shape index (κ2) is 10.7. The highest BCUT2D eigenvalue weighted by atomic mass is 16.5. The molecule has 28 heavy (non-hydrogen) atoms. The Kier molecular flexibility index (Phi) is 8.01. The maximum atomic E-state index is 5.36. The molecule has 0 spiro atoms. The molecule has 0 unspecified atom stereocenters. The van der Waals surface area contributed by atoms with E-state index in [0.29, 0.717) is 12.1 Å². The average molecular weight is 382 g/mol. The highest BCUT2D eigenvalue weighted by molar-refractivity contribution is 5.17. The van der Waals surface area contributed by atoms with Crippen molar-refractivity contribution in [3.63, 3.8) is 0 Å². The molecule has 4 nitrogen and oxygen atoms in total. The fourth-order valence-electron chi connectivity index (χ4n) is 4.52. The molecule has 1 aromatic heterocycles. The minimum Gasteiger partial charge on any atom is -0.383 e. The Morgan fingerprint density at radius 1 is 1.07 bits per heavy atom. The van der Waals surface area contributed by atoms with Crippen LogP contribution in [0.3, 0.4) is 0 Å². The first-order valence-electron chi connectivity index (χ1n) is 10.5. The maximum absolute atomic E-state index is 5.36. The number of likely N-dealkylation sites (N-methyl/N-ethyl adjacent to an activating group) is 1. The van der Waals surface area contributed by atoms with Crippen LogP contribution in [-0.4, -0.2) is 60.7 Å². The zero-order chi connectivity index (χ0) is 19.8. The molecule has 0 amide bonds. The van der Waals surface area contributed by atoms with Crippen LogP contribution >= 0.6 is 0 Å². The van der Waals surface area contributed by atoms with Crippen LogP contribution in [0, 0.1) is 5.92 Å². The number of likely N-dealkylation sites (tertiary alicyclic amines) is 1. The van der Waals surface area contributed by atoms with Crippen molar-refractivity contribution in [1.29, 1.82) is 0 Å². The second-order valence-electron chi connectivity index (χ2n) is 8.21. The normalized spacial score (nSPS) is 18.3. The minimum atomic E-state index is 0.507. The Morgan fingerprint density at radius 2 is 1.75 bits per heavy atom. The molecule has 1 aliphatic heterocycles. The molecule has 0 aliphatic carbocycles.